The average molecular weight is 277 g/mol. The fourth-order valence-electron chi connectivity index (χ4n) is 1.94. The lowest BCUT2D eigenvalue weighted by Crippen LogP contribution is -2.33. The summed E-state index contributed by atoms with van der Waals surface area (Å²) in [4.78, 5) is 12.0. The molecule has 1 aromatic rings. The number of carbonyl (C=O) groups is 1. The third-order valence-corrected chi connectivity index (χ3v) is 3.32. The predicted molar refractivity (Wildman–Crippen MR) is 77.8 cm³/mol. The molecule has 0 saturated heterocycles. The molecule has 2 N–H and O–H groups in total. The van der Waals surface area contributed by atoms with Gasteiger partial charge in [-0.15, -0.1) is 0 Å². The van der Waals surface area contributed by atoms with Gasteiger partial charge in [-0.05, 0) is 42.9 Å². The zero-order chi connectivity index (χ0) is 14.5. The van der Waals surface area contributed by atoms with E-state index in [9.17, 15) is 9.90 Å². The second-order valence-electron chi connectivity index (χ2n) is 5.85. The first-order chi connectivity index (χ1) is 9.56. The van der Waals surface area contributed by atoms with E-state index in [0.717, 1.165) is 12.8 Å². The molecule has 0 radical (unpaired) electrons. The number of aliphatic hydroxyl groups is 1. The molecule has 1 amide bonds. The molecule has 4 nitrogen and oxygen atoms in total. The summed E-state index contributed by atoms with van der Waals surface area (Å²) in [7, 11) is 0. The highest BCUT2D eigenvalue weighted by Crippen LogP contribution is 2.32. The van der Waals surface area contributed by atoms with Gasteiger partial charge in [0, 0.05) is 12.1 Å². The molecular formula is C16H23NO3. The van der Waals surface area contributed by atoms with Gasteiger partial charge in [-0.1, -0.05) is 19.9 Å². The molecule has 0 aromatic heterocycles. The number of carbonyl (C=O) groups excluding carboxylic acids is 1. The van der Waals surface area contributed by atoms with E-state index in [4.69, 9.17) is 4.74 Å². The Balaban J connectivity index is 1.86. The number of aliphatic hydroxyl groups excluding tert-OH is 1. The Labute approximate surface area is 120 Å². The van der Waals surface area contributed by atoms with Crippen LogP contribution >= 0.6 is 0 Å². The van der Waals surface area contributed by atoms with Crippen molar-refractivity contribution < 1.29 is 14.6 Å². The van der Waals surface area contributed by atoms with Gasteiger partial charge in [0.25, 0.3) is 5.91 Å². The van der Waals surface area contributed by atoms with Crippen molar-refractivity contribution in [2.75, 3.05) is 13.2 Å². The molecule has 0 bridgehead atoms. The molecule has 0 heterocycles. The summed E-state index contributed by atoms with van der Waals surface area (Å²) in [6, 6.07) is 7.14. The van der Waals surface area contributed by atoms with E-state index >= 15 is 0 Å². The normalized spacial score (nSPS) is 16.0. The van der Waals surface area contributed by atoms with E-state index in [1.54, 1.807) is 12.1 Å². The van der Waals surface area contributed by atoms with Crippen molar-refractivity contribution >= 4 is 5.91 Å². The first-order valence-corrected chi connectivity index (χ1v) is 7.25. The Morgan fingerprint density at radius 3 is 2.85 bits per heavy atom. The van der Waals surface area contributed by atoms with Crippen molar-refractivity contribution in [3.8, 4) is 5.75 Å². The Kier molecular flexibility index (Phi) is 5.01. The van der Waals surface area contributed by atoms with Crippen molar-refractivity contribution in [2.24, 2.45) is 11.8 Å². The highest BCUT2D eigenvalue weighted by Gasteiger charge is 2.29. The molecule has 20 heavy (non-hydrogen) atoms. The summed E-state index contributed by atoms with van der Waals surface area (Å²) in [5.41, 5.74) is 0.564. The maximum atomic E-state index is 12.0. The van der Waals surface area contributed by atoms with Crippen LogP contribution in [0.15, 0.2) is 24.3 Å². The summed E-state index contributed by atoms with van der Waals surface area (Å²) in [5.74, 6) is 1.35. The number of hydrogen-bond donors (Lipinski definition) is 2. The average Bonchev–Trinajstić information content (AvgIpc) is 3.27. The van der Waals surface area contributed by atoms with Gasteiger partial charge in [0.1, 0.15) is 5.75 Å². The number of rotatable bonds is 7. The SMILES string of the molecule is CC(C)COc1cccc(C(=O)NCC(O)C2CC2)c1. The van der Waals surface area contributed by atoms with Crippen LogP contribution in [-0.2, 0) is 0 Å². The van der Waals surface area contributed by atoms with Crippen LogP contribution in [0.5, 0.6) is 5.75 Å². The predicted octanol–water partition coefficient (Wildman–Crippen LogP) is 2.22. The molecule has 1 saturated carbocycles. The van der Waals surface area contributed by atoms with Crippen LogP contribution in [0.25, 0.3) is 0 Å². The summed E-state index contributed by atoms with van der Waals surface area (Å²) >= 11 is 0. The zero-order valence-electron chi connectivity index (χ0n) is 12.1. The molecule has 1 aliphatic carbocycles. The van der Waals surface area contributed by atoms with E-state index in [1.807, 2.05) is 12.1 Å². The van der Waals surface area contributed by atoms with Crippen LogP contribution in [0.1, 0.15) is 37.0 Å². The van der Waals surface area contributed by atoms with Crippen LogP contribution in [0, 0.1) is 11.8 Å². The maximum absolute atomic E-state index is 12.0. The monoisotopic (exact) mass is 277 g/mol. The van der Waals surface area contributed by atoms with E-state index in [1.165, 1.54) is 0 Å². The second-order valence-corrected chi connectivity index (χ2v) is 5.85. The Morgan fingerprint density at radius 1 is 1.45 bits per heavy atom. The van der Waals surface area contributed by atoms with Crippen molar-refractivity contribution in [1.82, 2.24) is 5.32 Å². The largest absolute Gasteiger partial charge is 0.493 e. The third-order valence-electron chi connectivity index (χ3n) is 3.32. The first kappa shape index (κ1) is 14.9. The van der Waals surface area contributed by atoms with E-state index in [0.29, 0.717) is 36.3 Å². The summed E-state index contributed by atoms with van der Waals surface area (Å²) in [6.45, 7) is 5.11. The standard InChI is InChI=1S/C16H23NO3/c1-11(2)10-20-14-5-3-4-13(8-14)16(19)17-9-15(18)12-6-7-12/h3-5,8,11-12,15,18H,6-7,9-10H2,1-2H3,(H,17,19). The van der Waals surface area contributed by atoms with Crippen LogP contribution < -0.4 is 10.1 Å². The number of benzene rings is 1. The van der Waals surface area contributed by atoms with Crippen molar-refractivity contribution in [1.29, 1.82) is 0 Å². The molecule has 0 spiro atoms. The van der Waals surface area contributed by atoms with E-state index in [-0.39, 0.29) is 5.91 Å². The van der Waals surface area contributed by atoms with Crippen molar-refractivity contribution in [2.45, 2.75) is 32.8 Å². The van der Waals surface area contributed by atoms with Crippen LogP contribution in [0.3, 0.4) is 0 Å². The Bertz CT molecular complexity index is 455. The molecule has 1 aromatic carbocycles. The number of amides is 1. The lowest BCUT2D eigenvalue weighted by molar-refractivity contribution is 0.0900. The minimum atomic E-state index is -0.417. The molecule has 1 atom stereocenters. The molecule has 1 fully saturated rings. The van der Waals surface area contributed by atoms with Crippen molar-refractivity contribution in [3.05, 3.63) is 29.8 Å². The zero-order valence-corrected chi connectivity index (χ0v) is 12.1. The van der Waals surface area contributed by atoms with E-state index < -0.39 is 6.10 Å². The van der Waals surface area contributed by atoms with Gasteiger partial charge in [-0.2, -0.15) is 0 Å². The van der Waals surface area contributed by atoms with Gasteiger partial charge in [0.2, 0.25) is 0 Å². The number of nitrogens with one attached hydrogen (secondary N) is 1. The van der Waals surface area contributed by atoms with Gasteiger partial charge in [0.15, 0.2) is 0 Å². The lowest BCUT2D eigenvalue weighted by Gasteiger charge is -2.12. The van der Waals surface area contributed by atoms with Gasteiger partial charge < -0.3 is 15.2 Å². The molecule has 0 aliphatic heterocycles. The van der Waals surface area contributed by atoms with Gasteiger partial charge >= 0.3 is 0 Å². The molecule has 1 aliphatic rings. The number of hydrogen-bond acceptors (Lipinski definition) is 3. The molecule has 4 heteroatoms. The second kappa shape index (κ2) is 6.75. The Morgan fingerprint density at radius 2 is 2.20 bits per heavy atom. The lowest BCUT2D eigenvalue weighted by atomic mass is 10.2. The molecule has 2 rings (SSSR count). The smallest absolute Gasteiger partial charge is 0.251 e. The highest BCUT2D eigenvalue weighted by molar-refractivity contribution is 5.94. The molecule has 110 valence electrons. The minimum Gasteiger partial charge on any atom is -0.493 e. The van der Waals surface area contributed by atoms with Crippen molar-refractivity contribution in [3.63, 3.8) is 0 Å². The highest BCUT2D eigenvalue weighted by atomic mass is 16.5. The van der Waals surface area contributed by atoms with Gasteiger partial charge in [-0.3, -0.25) is 4.79 Å². The van der Waals surface area contributed by atoms with Crippen LogP contribution in [-0.4, -0.2) is 30.3 Å². The summed E-state index contributed by atoms with van der Waals surface area (Å²) in [6.07, 6.45) is 1.71. The topological polar surface area (TPSA) is 58.6 Å². The molecule has 1 unspecified atom stereocenters. The number of ether oxygens (including phenoxy) is 1. The van der Waals surface area contributed by atoms with Gasteiger partial charge in [0.05, 0.1) is 12.7 Å². The summed E-state index contributed by atoms with van der Waals surface area (Å²) < 4.78 is 5.60. The minimum absolute atomic E-state index is 0.167. The van der Waals surface area contributed by atoms with Crippen LogP contribution in [0.2, 0.25) is 0 Å². The van der Waals surface area contributed by atoms with Crippen LogP contribution in [0.4, 0.5) is 0 Å². The Hall–Kier alpha value is -1.55. The summed E-state index contributed by atoms with van der Waals surface area (Å²) in [5, 5.41) is 12.5. The molecular weight excluding hydrogens is 254 g/mol. The fraction of sp³-hybridized carbons (Fsp3) is 0.562. The quantitative estimate of drug-likeness (QED) is 0.803. The van der Waals surface area contributed by atoms with Gasteiger partial charge in [-0.25, -0.2) is 0 Å². The van der Waals surface area contributed by atoms with E-state index in [2.05, 4.69) is 19.2 Å². The first-order valence-electron chi connectivity index (χ1n) is 7.25. The fourth-order valence-corrected chi connectivity index (χ4v) is 1.94. The third kappa shape index (κ3) is 4.53. The maximum Gasteiger partial charge on any atom is 0.251 e.